The van der Waals surface area contributed by atoms with Crippen LogP contribution in [-0.2, 0) is 31.6 Å². The number of hydrogen-bond acceptors (Lipinski definition) is 4. The molecule has 0 unspecified atom stereocenters. The second kappa shape index (κ2) is 8.09. The number of carbonyl (C=O) groups is 1. The van der Waals surface area contributed by atoms with Gasteiger partial charge in [0, 0.05) is 49.0 Å². The van der Waals surface area contributed by atoms with Crippen molar-refractivity contribution in [3.05, 3.63) is 76.4 Å². The van der Waals surface area contributed by atoms with Crippen LogP contribution in [0, 0.1) is 0 Å². The van der Waals surface area contributed by atoms with Crippen LogP contribution in [0.5, 0.6) is 0 Å². The molecule has 2 aromatic carbocycles. The van der Waals surface area contributed by atoms with Gasteiger partial charge >= 0.3 is 6.18 Å². The topological polar surface area (TPSA) is 77.0 Å². The smallest absolute Gasteiger partial charge is 0.324 e. The Kier molecular flexibility index (Phi) is 5.47. The Labute approximate surface area is 203 Å². The molecule has 1 amide bonds. The summed E-state index contributed by atoms with van der Waals surface area (Å²) in [5.41, 5.74) is 4.96. The Hall–Kier alpha value is -3.34. The summed E-state index contributed by atoms with van der Waals surface area (Å²) in [6.07, 6.45) is -3.76. The number of rotatable bonds is 5. The van der Waals surface area contributed by atoms with Crippen molar-refractivity contribution in [3.63, 3.8) is 0 Å². The Morgan fingerprint density at radius 3 is 2.47 bits per heavy atom. The van der Waals surface area contributed by atoms with Gasteiger partial charge in [-0.1, -0.05) is 12.1 Å². The normalized spacial score (nSPS) is 19.2. The van der Waals surface area contributed by atoms with E-state index in [1.807, 2.05) is 0 Å². The van der Waals surface area contributed by atoms with Crippen molar-refractivity contribution in [1.82, 2.24) is 14.8 Å². The molecule has 11 heteroatoms. The molecular formula is C25H24F5N5O. The van der Waals surface area contributed by atoms with Crippen LogP contribution in [0.2, 0.25) is 0 Å². The summed E-state index contributed by atoms with van der Waals surface area (Å²) >= 11 is 0. The number of alkyl halides is 5. The Morgan fingerprint density at radius 1 is 1.17 bits per heavy atom. The highest BCUT2D eigenvalue weighted by molar-refractivity contribution is 6.10. The number of halogens is 5. The summed E-state index contributed by atoms with van der Waals surface area (Å²) in [7, 11) is 1.73. The van der Waals surface area contributed by atoms with E-state index < -0.39 is 47.9 Å². The highest BCUT2D eigenvalue weighted by Crippen LogP contribution is 2.55. The minimum absolute atomic E-state index is 0.0495. The van der Waals surface area contributed by atoms with Gasteiger partial charge in [-0.25, -0.2) is 8.78 Å². The van der Waals surface area contributed by atoms with Gasteiger partial charge in [0.05, 0.1) is 12.1 Å². The third-order valence-corrected chi connectivity index (χ3v) is 7.16. The van der Waals surface area contributed by atoms with Gasteiger partial charge in [-0.2, -0.15) is 13.2 Å². The number of anilines is 1. The minimum atomic E-state index is -4.66. The first kappa shape index (κ1) is 24.4. The van der Waals surface area contributed by atoms with E-state index in [1.165, 1.54) is 17.3 Å². The monoisotopic (exact) mass is 505 g/mol. The molecule has 190 valence electrons. The van der Waals surface area contributed by atoms with Gasteiger partial charge in [-0.3, -0.25) is 4.79 Å². The van der Waals surface area contributed by atoms with Crippen molar-refractivity contribution < 1.29 is 26.7 Å². The van der Waals surface area contributed by atoms with Crippen LogP contribution in [0.25, 0.3) is 0 Å². The summed E-state index contributed by atoms with van der Waals surface area (Å²) in [6, 6.07) is 8.26. The number of aromatic nitrogens is 3. The maximum atomic E-state index is 14.1. The Bertz CT molecular complexity index is 1340. The van der Waals surface area contributed by atoms with Crippen LogP contribution < -0.4 is 10.6 Å². The van der Waals surface area contributed by atoms with Gasteiger partial charge in [-0.15, -0.1) is 10.2 Å². The van der Waals surface area contributed by atoms with E-state index in [0.717, 1.165) is 6.07 Å². The highest BCUT2D eigenvalue weighted by atomic mass is 19.4. The van der Waals surface area contributed by atoms with Crippen LogP contribution in [0.1, 0.15) is 64.2 Å². The van der Waals surface area contributed by atoms with Gasteiger partial charge < -0.3 is 15.2 Å². The number of aryl methyl sites for hydroxylation is 1. The van der Waals surface area contributed by atoms with E-state index in [1.54, 1.807) is 42.8 Å². The van der Waals surface area contributed by atoms with Crippen molar-refractivity contribution in [3.8, 4) is 0 Å². The first-order valence-electron chi connectivity index (χ1n) is 11.4. The van der Waals surface area contributed by atoms with Crippen molar-refractivity contribution in [2.45, 2.75) is 56.3 Å². The molecule has 3 aromatic rings. The second-order valence-corrected chi connectivity index (χ2v) is 9.85. The summed E-state index contributed by atoms with van der Waals surface area (Å²) in [5, 5.41) is 7.86. The van der Waals surface area contributed by atoms with Crippen molar-refractivity contribution >= 4 is 11.6 Å². The molecule has 36 heavy (non-hydrogen) atoms. The van der Waals surface area contributed by atoms with Crippen molar-refractivity contribution in [1.29, 1.82) is 0 Å². The molecule has 1 aliphatic heterocycles. The molecule has 5 rings (SSSR count). The number of carbonyl (C=O) groups excluding carboxylic acids is 1. The van der Waals surface area contributed by atoms with Gasteiger partial charge in [0.25, 0.3) is 5.91 Å². The number of hydrogen-bond donors (Lipinski definition) is 1. The number of nitrogens with zero attached hydrogens (tertiary/aromatic N) is 4. The summed E-state index contributed by atoms with van der Waals surface area (Å²) in [4.78, 5) is 14.5. The van der Waals surface area contributed by atoms with Crippen LogP contribution in [0.4, 0.5) is 27.6 Å². The number of benzene rings is 2. The van der Waals surface area contributed by atoms with Crippen LogP contribution in [-0.4, -0.2) is 26.6 Å². The average molecular weight is 505 g/mol. The lowest BCUT2D eigenvalue weighted by atomic mass is 9.60. The minimum Gasteiger partial charge on any atom is -0.324 e. The lowest BCUT2D eigenvalue weighted by Gasteiger charge is -2.48. The molecule has 0 saturated heterocycles. The zero-order chi connectivity index (χ0) is 26.0. The van der Waals surface area contributed by atoms with Gasteiger partial charge in [0.1, 0.15) is 12.2 Å². The van der Waals surface area contributed by atoms with E-state index in [0.29, 0.717) is 17.1 Å². The van der Waals surface area contributed by atoms with E-state index >= 15 is 0 Å². The average Bonchev–Trinajstić information content (AvgIpc) is 3.33. The van der Waals surface area contributed by atoms with Crippen LogP contribution >= 0.6 is 0 Å². The third kappa shape index (κ3) is 4.04. The predicted molar refractivity (Wildman–Crippen MR) is 122 cm³/mol. The molecule has 6 nitrogen and oxygen atoms in total. The zero-order valence-electron chi connectivity index (χ0n) is 19.6. The standard InChI is InChI=1S/C25H24F5N5O/c1-14(31)15-6-18-19(20(7-15)25(28,29)30)10-35(22(18)36)17-5-3-4-16(8-17)23(11-24(26,27)12-23)9-21-33-32-13-34(21)2/h3-8,13-14H,9-12,31H2,1-2H3/t14-/m1/s1. The van der Waals surface area contributed by atoms with Gasteiger partial charge in [-0.05, 0) is 47.9 Å². The number of nitrogens with two attached hydrogens (primary N) is 1. The molecule has 2 heterocycles. The van der Waals surface area contributed by atoms with E-state index in [9.17, 15) is 26.7 Å². The van der Waals surface area contributed by atoms with E-state index in [4.69, 9.17) is 5.73 Å². The molecule has 0 radical (unpaired) electrons. The lowest BCUT2D eigenvalue weighted by molar-refractivity contribution is -0.138. The maximum absolute atomic E-state index is 14.1. The lowest BCUT2D eigenvalue weighted by Crippen LogP contribution is -2.51. The van der Waals surface area contributed by atoms with E-state index in [-0.39, 0.29) is 29.7 Å². The quantitative estimate of drug-likeness (QED) is 0.500. The number of fused-ring (bicyclic) bond motifs is 1. The summed E-state index contributed by atoms with van der Waals surface area (Å²) in [6.45, 7) is 1.27. The third-order valence-electron chi connectivity index (χ3n) is 7.16. The first-order chi connectivity index (χ1) is 16.8. The van der Waals surface area contributed by atoms with Crippen LogP contribution in [0.3, 0.4) is 0 Å². The summed E-state index contributed by atoms with van der Waals surface area (Å²) in [5.74, 6) is -2.89. The fourth-order valence-corrected chi connectivity index (χ4v) is 5.30. The molecule has 0 spiro atoms. The molecule has 2 N–H and O–H groups in total. The largest absolute Gasteiger partial charge is 0.416 e. The summed E-state index contributed by atoms with van der Waals surface area (Å²) < 4.78 is 71.5. The molecule has 1 atom stereocenters. The predicted octanol–water partition coefficient (Wildman–Crippen LogP) is 4.92. The van der Waals surface area contributed by atoms with Gasteiger partial charge in [0.2, 0.25) is 5.92 Å². The van der Waals surface area contributed by atoms with E-state index in [2.05, 4.69) is 10.2 Å². The Balaban J connectivity index is 1.53. The molecule has 1 fully saturated rings. The molecule has 1 aliphatic carbocycles. The number of amides is 1. The fourth-order valence-electron chi connectivity index (χ4n) is 5.30. The SMILES string of the molecule is C[C@@H](N)c1cc2c(c(C(F)(F)F)c1)CN(c1cccc(C3(Cc4nncn4C)CC(F)(F)C3)c1)C2=O. The zero-order valence-corrected chi connectivity index (χ0v) is 19.6. The molecule has 1 aromatic heterocycles. The van der Waals surface area contributed by atoms with Crippen LogP contribution in [0.15, 0.2) is 42.7 Å². The van der Waals surface area contributed by atoms with Crippen molar-refractivity contribution in [2.24, 2.45) is 12.8 Å². The van der Waals surface area contributed by atoms with Crippen molar-refractivity contribution in [2.75, 3.05) is 4.90 Å². The second-order valence-electron chi connectivity index (χ2n) is 9.85. The highest BCUT2D eigenvalue weighted by Gasteiger charge is 2.57. The molecule has 2 aliphatic rings. The Morgan fingerprint density at radius 2 is 1.89 bits per heavy atom. The fraction of sp³-hybridized carbons (Fsp3) is 0.400. The first-order valence-corrected chi connectivity index (χ1v) is 11.4. The molecule has 0 bridgehead atoms. The maximum Gasteiger partial charge on any atom is 0.416 e. The molecular weight excluding hydrogens is 481 g/mol. The molecule has 1 saturated carbocycles. The van der Waals surface area contributed by atoms with Gasteiger partial charge in [0.15, 0.2) is 0 Å².